The predicted molar refractivity (Wildman–Crippen MR) is 47.4 cm³/mol. The summed E-state index contributed by atoms with van der Waals surface area (Å²) in [6, 6.07) is 0. The fourth-order valence-corrected chi connectivity index (χ4v) is 1.39. The van der Waals surface area contributed by atoms with Crippen LogP contribution in [0.4, 0.5) is 0 Å². The van der Waals surface area contributed by atoms with Gasteiger partial charge in [-0.15, -0.1) is 0 Å². The van der Waals surface area contributed by atoms with Gasteiger partial charge in [-0.2, -0.15) is 0 Å². The van der Waals surface area contributed by atoms with Crippen LogP contribution in [0.2, 0.25) is 0 Å². The van der Waals surface area contributed by atoms with Crippen molar-refractivity contribution in [2.75, 3.05) is 0 Å². The third-order valence-corrected chi connectivity index (χ3v) is 2.23. The molecule has 11 heavy (non-hydrogen) atoms. The molecule has 0 N–H and O–H groups in total. The van der Waals surface area contributed by atoms with E-state index in [-0.39, 0.29) is 6.17 Å². The van der Waals surface area contributed by atoms with Gasteiger partial charge >= 0.3 is 0 Å². The fourth-order valence-electron chi connectivity index (χ4n) is 1.19. The van der Waals surface area contributed by atoms with Gasteiger partial charge in [0.25, 0.3) is 0 Å². The Morgan fingerprint density at radius 1 is 1.55 bits per heavy atom. The van der Waals surface area contributed by atoms with Gasteiger partial charge in [-0.05, 0) is 18.6 Å². The Kier molecular flexibility index (Phi) is 1.43. The van der Waals surface area contributed by atoms with Crippen LogP contribution in [-0.4, -0.2) is 17.6 Å². The quantitative estimate of drug-likeness (QED) is 0.525. The summed E-state index contributed by atoms with van der Waals surface area (Å²) in [5, 5.41) is 0.591. The summed E-state index contributed by atoms with van der Waals surface area (Å²) in [5.74, 6) is 0. The maximum Gasteiger partial charge on any atom is 0.167 e. The van der Waals surface area contributed by atoms with E-state index >= 15 is 0 Å². The molecule has 0 fully saturated rings. The lowest BCUT2D eigenvalue weighted by Crippen LogP contribution is -2.03. The second kappa shape index (κ2) is 2.31. The molecule has 0 saturated carbocycles. The first-order valence-corrected chi connectivity index (χ1v) is 3.81. The zero-order chi connectivity index (χ0) is 7.84. The number of hydrogen-bond donors (Lipinski definition) is 0. The smallest absolute Gasteiger partial charge is 0.167 e. The van der Waals surface area contributed by atoms with Crippen molar-refractivity contribution in [1.29, 1.82) is 0 Å². The molecule has 1 unspecified atom stereocenters. The minimum Gasteiger partial charge on any atom is -0.262 e. The minimum atomic E-state index is -0.0625. The van der Waals surface area contributed by atoms with Crippen LogP contribution in [0.5, 0.6) is 0 Å². The van der Waals surface area contributed by atoms with Gasteiger partial charge in [0.2, 0.25) is 0 Å². The van der Waals surface area contributed by atoms with Gasteiger partial charge in [0, 0.05) is 11.8 Å². The van der Waals surface area contributed by atoms with Crippen molar-refractivity contribution in [3.8, 4) is 0 Å². The number of rotatable bonds is 0. The Balaban J connectivity index is 2.49. The van der Waals surface area contributed by atoms with E-state index in [2.05, 4.69) is 9.98 Å². The third kappa shape index (κ3) is 0.942. The highest BCUT2D eigenvalue weighted by molar-refractivity contribution is 6.70. The van der Waals surface area contributed by atoms with Gasteiger partial charge in [-0.3, -0.25) is 4.99 Å². The van der Waals surface area contributed by atoms with Crippen LogP contribution < -0.4 is 0 Å². The van der Waals surface area contributed by atoms with Gasteiger partial charge in [0.1, 0.15) is 5.17 Å². The highest BCUT2D eigenvalue weighted by Crippen LogP contribution is 2.26. The van der Waals surface area contributed by atoms with Crippen molar-refractivity contribution in [1.82, 2.24) is 0 Å². The average molecular weight is 167 g/mol. The number of allylic oxidation sites excluding steroid dienone is 2. The normalized spacial score (nSPS) is 27.5. The highest BCUT2D eigenvalue weighted by Gasteiger charge is 2.22. The second-order valence-corrected chi connectivity index (χ2v) is 2.89. The Labute approximate surface area is 70.0 Å². The van der Waals surface area contributed by atoms with Gasteiger partial charge in [0.15, 0.2) is 6.17 Å². The number of halogens is 1. The first-order chi connectivity index (χ1) is 5.29. The van der Waals surface area contributed by atoms with Crippen molar-refractivity contribution in [2.45, 2.75) is 13.1 Å². The van der Waals surface area contributed by atoms with E-state index in [4.69, 9.17) is 11.6 Å². The van der Waals surface area contributed by atoms with Crippen LogP contribution in [-0.2, 0) is 0 Å². The molecular weight excluding hydrogens is 160 g/mol. The van der Waals surface area contributed by atoms with E-state index in [1.807, 2.05) is 19.1 Å². The summed E-state index contributed by atoms with van der Waals surface area (Å²) in [7, 11) is 0. The van der Waals surface area contributed by atoms with Crippen molar-refractivity contribution < 1.29 is 0 Å². The fraction of sp³-hybridized carbons (Fsp3) is 0.250. The summed E-state index contributed by atoms with van der Waals surface area (Å²) in [5.41, 5.74) is 2.17. The Bertz CT molecular complexity index is 310. The van der Waals surface area contributed by atoms with Crippen molar-refractivity contribution in [3.63, 3.8) is 0 Å². The lowest BCUT2D eigenvalue weighted by molar-refractivity contribution is 0.860. The van der Waals surface area contributed by atoms with E-state index in [9.17, 15) is 0 Å². The molecule has 56 valence electrons. The molecule has 1 atom stereocenters. The summed E-state index contributed by atoms with van der Waals surface area (Å²) in [4.78, 5) is 8.30. The number of dihydropyridines is 1. The molecule has 0 aromatic rings. The lowest BCUT2D eigenvalue weighted by Gasteiger charge is -2.06. The highest BCUT2D eigenvalue weighted by atomic mass is 35.5. The predicted octanol–water partition coefficient (Wildman–Crippen LogP) is 1.92. The van der Waals surface area contributed by atoms with Gasteiger partial charge in [-0.25, -0.2) is 4.99 Å². The zero-order valence-electron chi connectivity index (χ0n) is 6.08. The molecule has 0 amide bonds. The lowest BCUT2D eigenvalue weighted by atomic mass is 10.1. The van der Waals surface area contributed by atoms with E-state index in [0.717, 1.165) is 11.1 Å². The first-order valence-electron chi connectivity index (χ1n) is 3.43. The monoisotopic (exact) mass is 166 g/mol. The average Bonchev–Trinajstić information content (AvgIpc) is 2.30. The maximum absolute atomic E-state index is 5.82. The van der Waals surface area contributed by atoms with Gasteiger partial charge in [-0.1, -0.05) is 17.7 Å². The number of fused-ring (bicyclic) bond motifs is 1. The molecule has 0 spiro atoms. The largest absolute Gasteiger partial charge is 0.262 e. The number of hydrogen-bond acceptors (Lipinski definition) is 2. The van der Waals surface area contributed by atoms with Crippen molar-refractivity contribution in [2.24, 2.45) is 9.98 Å². The van der Waals surface area contributed by atoms with E-state index in [1.165, 1.54) is 0 Å². The van der Waals surface area contributed by atoms with Gasteiger partial charge in [0.05, 0.1) is 0 Å². The molecule has 0 radical (unpaired) electrons. The summed E-state index contributed by atoms with van der Waals surface area (Å²) in [6.07, 6.45) is 5.60. The van der Waals surface area contributed by atoms with E-state index < -0.39 is 0 Å². The molecule has 2 heterocycles. The van der Waals surface area contributed by atoms with Crippen LogP contribution in [0.1, 0.15) is 6.92 Å². The first kappa shape index (κ1) is 6.80. The van der Waals surface area contributed by atoms with Crippen LogP contribution in [0.3, 0.4) is 0 Å². The SMILES string of the molecule is CC1=C2C=CC=NC2N=C1Cl. The zero-order valence-corrected chi connectivity index (χ0v) is 6.84. The standard InChI is InChI=1S/C8H7ClN2/c1-5-6-3-2-4-10-8(6)11-7(5)9/h2-4,8H,1H3. The van der Waals surface area contributed by atoms with Crippen LogP contribution >= 0.6 is 11.6 Å². The molecule has 0 saturated heterocycles. The number of nitrogens with zero attached hydrogens (tertiary/aromatic N) is 2. The van der Waals surface area contributed by atoms with E-state index in [0.29, 0.717) is 5.17 Å². The Hall–Kier alpha value is -0.890. The van der Waals surface area contributed by atoms with Crippen LogP contribution in [0.25, 0.3) is 0 Å². The topological polar surface area (TPSA) is 24.7 Å². The molecule has 2 aliphatic heterocycles. The van der Waals surface area contributed by atoms with Crippen LogP contribution in [0, 0.1) is 0 Å². The summed E-state index contributed by atoms with van der Waals surface area (Å²) in [6.45, 7) is 1.96. The molecule has 0 aromatic heterocycles. The minimum absolute atomic E-state index is 0.0625. The maximum atomic E-state index is 5.82. The molecule has 2 rings (SSSR count). The molecule has 0 aliphatic carbocycles. The molecule has 0 bridgehead atoms. The Morgan fingerprint density at radius 3 is 3.09 bits per heavy atom. The van der Waals surface area contributed by atoms with Crippen LogP contribution in [0.15, 0.2) is 33.3 Å². The molecule has 3 heteroatoms. The van der Waals surface area contributed by atoms with Crippen molar-refractivity contribution in [3.05, 3.63) is 23.3 Å². The third-order valence-electron chi connectivity index (χ3n) is 1.85. The van der Waals surface area contributed by atoms with Crippen molar-refractivity contribution >= 4 is 23.0 Å². The second-order valence-electron chi connectivity index (χ2n) is 2.53. The molecule has 0 aromatic carbocycles. The van der Waals surface area contributed by atoms with E-state index in [1.54, 1.807) is 6.21 Å². The summed E-state index contributed by atoms with van der Waals surface area (Å²) >= 11 is 5.82. The summed E-state index contributed by atoms with van der Waals surface area (Å²) < 4.78 is 0. The molecule has 2 aliphatic rings. The number of aliphatic imine (C=N–C) groups is 2. The van der Waals surface area contributed by atoms with Gasteiger partial charge < -0.3 is 0 Å². The molecular formula is C8H7ClN2. The Morgan fingerprint density at radius 2 is 2.36 bits per heavy atom. The molecule has 2 nitrogen and oxygen atoms in total.